The Morgan fingerprint density at radius 2 is 2.13 bits per heavy atom. The van der Waals surface area contributed by atoms with E-state index in [9.17, 15) is 9.18 Å². The van der Waals surface area contributed by atoms with E-state index in [4.69, 9.17) is 5.11 Å². The fraction of sp³-hybridized carbons (Fsp3) is 0.300. The first-order valence-electron chi connectivity index (χ1n) is 4.53. The monoisotopic (exact) mass is 227 g/mol. The van der Waals surface area contributed by atoms with E-state index in [0.29, 0.717) is 5.75 Å². The van der Waals surface area contributed by atoms with Crippen LogP contribution in [0, 0.1) is 5.82 Å². The Balaban J connectivity index is 2.07. The molecule has 1 aromatic rings. The lowest BCUT2D eigenvalue weighted by molar-refractivity contribution is -0.138. The van der Waals surface area contributed by atoms with E-state index < -0.39 is 12.0 Å². The molecular weight excluding hydrogens is 217 g/mol. The molecule has 0 amide bonds. The van der Waals surface area contributed by atoms with E-state index in [1.807, 2.05) is 0 Å². The van der Waals surface area contributed by atoms with Crippen LogP contribution in [0.1, 0.15) is 10.9 Å². The van der Waals surface area contributed by atoms with Crippen molar-refractivity contribution in [3.05, 3.63) is 35.6 Å². The van der Waals surface area contributed by atoms with Gasteiger partial charge in [0, 0.05) is 5.75 Å². The van der Waals surface area contributed by atoms with Crippen molar-refractivity contribution in [1.29, 1.82) is 0 Å². The molecule has 0 saturated carbocycles. The molecule has 1 fully saturated rings. The van der Waals surface area contributed by atoms with Crippen molar-refractivity contribution in [2.45, 2.75) is 11.4 Å². The van der Waals surface area contributed by atoms with Crippen molar-refractivity contribution < 1.29 is 14.3 Å². The standard InChI is InChI=1S/C10H10FNO2S/c11-7-3-1-6(2-4-7)9-12-8(5-15-9)10(13)14/h1-4,8-9,12H,5H2,(H,13,14)/t8?,9-/m0/s1. The van der Waals surface area contributed by atoms with Gasteiger partial charge in [0.2, 0.25) is 0 Å². The summed E-state index contributed by atoms with van der Waals surface area (Å²) in [5.41, 5.74) is 0.908. The third-order valence-electron chi connectivity index (χ3n) is 2.25. The lowest BCUT2D eigenvalue weighted by Gasteiger charge is -2.10. The maximum absolute atomic E-state index is 12.7. The molecule has 3 nitrogen and oxygen atoms in total. The minimum Gasteiger partial charge on any atom is -0.480 e. The van der Waals surface area contributed by atoms with Crippen LogP contribution in [0.4, 0.5) is 4.39 Å². The Morgan fingerprint density at radius 3 is 2.67 bits per heavy atom. The molecule has 15 heavy (non-hydrogen) atoms. The molecule has 0 aliphatic carbocycles. The summed E-state index contributed by atoms with van der Waals surface area (Å²) in [5, 5.41) is 11.7. The Labute approximate surface area is 90.7 Å². The van der Waals surface area contributed by atoms with E-state index >= 15 is 0 Å². The minimum atomic E-state index is -0.841. The molecule has 80 valence electrons. The molecule has 2 atom stereocenters. The third-order valence-corrected chi connectivity index (χ3v) is 3.52. The molecule has 0 spiro atoms. The number of halogens is 1. The zero-order valence-electron chi connectivity index (χ0n) is 7.81. The van der Waals surface area contributed by atoms with E-state index in [-0.39, 0.29) is 11.2 Å². The number of nitrogens with one attached hydrogen (secondary N) is 1. The summed E-state index contributed by atoms with van der Waals surface area (Å²) in [6.07, 6.45) is 0. The predicted molar refractivity (Wildman–Crippen MR) is 56.2 cm³/mol. The number of rotatable bonds is 2. The van der Waals surface area contributed by atoms with E-state index in [0.717, 1.165) is 5.56 Å². The summed E-state index contributed by atoms with van der Waals surface area (Å²) in [5.74, 6) is -0.583. The van der Waals surface area contributed by atoms with Crippen LogP contribution >= 0.6 is 11.8 Å². The Kier molecular flexibility index (Phi) is 2.93. The number of benzene rings is 1. The van der Waals surface area contributed by atoms with Crippen molar-refractivity contribution in [1.82, 2.24) is 5.32 Å². The van der Waals surface area contributed by atoms with Gasteiger partial charge < -0.3 is 5.11 Å². The summed E-state index contributed by atoms with van der Waals surface area (Å²) < 4.78 is 12.7. The van der Waals surface area contributed by atoms with E-state index in [2.05, 4.69) is 5.32 Å². The molecule has 1 aliphatic rings. The van der Waals surface area contributed by atoms with Gasteiger partial charge >= 0.3 is 5.97 Å². The molecule has 1 aliphatic heterocycles. The molecule has 0 aromatic heterocycles. The van der Waals surface area contributed by atoms with Crippen molar-refractivity contribution in [2.24, 2.45) is 0 Å². The van der Waals surface area contributed by atoms with Gasteiger partial charge in [-0.15, -0.1) is 11.8 Å². The van der Waals surface area contributed by atoms with Gasteiger partial charge in [-0.1, -0.05) is 12.1 Å². The molecule has 2 rings (SSSR count). The number of carbonyl (C=O) groups is 1. The molecule has 2 N–H and O–H groups in total. The van der Waals surface area contributed by atoms with Crippen molar-refractivity contribution >= 4 is 17.7 Å². The molecule has 1 saturated heterocycles. The van der Waals surface area contributed by atoms with Gasteiger partial charge in [0.25, 0.3) is 0 Å². The first kappa shape index (κ1) is 10.4. The second-order valence-corrected chi connectivity index (χ2v) is 4.46. The van der Waals surface area contributed by atoms with Crippen LogP contribution in [-0.4, -0.2) is 22.9 Å². The van der Waals surface area contributed by atoms with E-state index in [1.165, 1.54) is 23.9 Å². The average Bonchev–Trinajstić information content (AvgIpc) is 2.68. The van der Waals surface area contributed by atoms with Crippen LogP contribution in [0.5, 0.6) is 0 Å². The summed E-state index contributed by atoms with van der Waals surface area (Å²) in [7, 11) is 0. The molecule has 1 aromatic carbocycles. The maximum Gasteiger partial charge on any atom is 0.321 e. The molecule has 5 heteroatoms. The van der Waals surface area contributed by atoms with Gasteiger partial charge in [-0.2, -0.15) is 0 Å². The molecule has 1 heterocycles. The quantitative estimate of drug-likeness (QED) is 0.806. The highest BCUT2D eigenvalue weighted by Crippen LogP contribution is 2.32. The smallest absolute Gasteiger partial charge is 0.321 e. The summed E-state index contributed by atoms with van der Waals surface area (Å²) in [6.45, 7) is 0. The van der Waals surface area contributed by atoms with Crippen LogP contribution in [0.3, 0.4) is 0 Å². The van der Waals surface area contributed by atoms with Crippen LogP contribution < -0.4 is 5.32 Å². The highest BCUT2D eigenvalue weighted by molar-refractivity contribution is 7.99. The zero-order chi connectivity index (χ0) is 10.8. The first-order chi connectivity index (χ1) is 7.16. The topological polar surface area (TPSA) is 49.3 Å². The number of carboxylic acids is 1. The maximum atomic E-state index is 12.7. The van der Waals surface area contributed by atoms with Crippen LogP contribution in [-0.2, 0) is 4.79 Å². The molecule has 0 bridgehead atoms. The highest BCUT2D eigenvalue weighted by atomic mass is 32.2. The van der Waals surface area contributed by atoms with E-state index in [1.54, 1.807) is 12.1 Å². The summed E-state index contributed by atoms with van der Waals surface area (Å²) in [4.78, 5) is 10.7. The number of aliphatic carboxylic acids is 1. The number of thioether (sulfide) groups is 1. The van der Waals surface area contributed by atoms with Gasteiger partial charge in [-0.05, 0) is 17.7 Å². The van der Waals surface area contributed by atoms with Crippen LogP contribution in [0.2, 0.25) is 0 Å². The van der Waals surface area contributed by atoms with Gasteiger partial charge in [-0.25, -0.2) is 4.39 Å². The van der Waals surface area contributed by atoms with Gasteiger partial charge in [0.1, 0.15) is 11.9 Å². The van der Waals surface area contributed by atoms with Crippen LogP contribution in [0.15, 0.2) is 24.3 Å². The third kappa shape index (κ3) is 2.30. The normalized spacial score (nSPS) is 25.4. The average molecular weight is 227 g/mol. The zero-order valence-corrected chi connectivity index (χ0v) is 8.63. The molecular formula is C10H10FNO2S. The predicted octanol–water partition coefficient (Wildman–Crippen LogP) is 1.61. The van der Waals surface area contributed by atoms with Gasteiger partial charge in [-0.3, -0.25) is 10.1 Å². The second-order valence-electron chi connectivity index (χ2n) is 3.32. The SMILES string of the molecule is O=C(O)C1CS[C@@H](c2ccc(F)cc2)N1. The minimum absolute atomic E-state index is 0.0494. The Morgan fingerprint density at radius 1 is 1.47 bits per heavy atom. The lowest BCUT2D eigenvalue weighted by atomic mass is 10.2. The number of carboxylic acid groups (broad SMARTS) is 1. The fourth-order valence-electron chi connectivity index (χ4n) is 1.44. The molecule has 1 unspecified atom stereocenters. The Bertz CT molecular complexity index is 368. The largest absolute Gasteiger partial charge is 0.480 e. The van der Waals surface area contributed by atoms with Gasteiger partial charge in [0.15, 0.2) is 0 Å². The first-order valence-corrected chi connectivity index (χ1v) is 5.57. The molecule has 0 radical (unpaired) electrons. The highest BCUT2D eigenvalue weighted by Gasteiger charge is 2.30. The van der Waals surface area contributed by atoms with Gasteiger partial charge in [0.05, 0.1) is 5.37 Å². The van der Waals surface area contributed by atoms with Crippen molar-refractivity contribution in [3.63, 3.8) is 0 Å². The lowest BCUT2D eigenvalue weighted by Crippen LogP contribution is -2.33. The van der Waals surface area contributed by atoms with Crippen molar-refractivity contribution in [3.8, 4) is 0 Å². The number of hydrogen-bond donors (Lipinski definition) is 2. The second kappa shape index (κ2) is 4.20. The number of hydrogen-bond acceptors (Lipinski definition) is 3. The fourth-order valence-corrected chi connectivity index (χ4v) is 2.68. The Hall–Kier alpha value is -1.07. The summed E-state index contributed by atoms with van der Waals surface area (Å²) >= 11 is 1.52. The van der Waals surface area contributed by atoms with Crippen LogP contribution in [0.25, 0.3) is 0 Å². The van der Waals surface area contributed by atoms with Crippen molar-refractivity contribution in [2.75, 3.05) is 5.75 Å². The summed E-state index contributed by atoms with van der Waals surface area (Å²) in [6, 6.07) is 5.59.